The van der Waals surface area contributed by atoms with Crippen LogP contribution in [0.5, 0.6) is 0 Å². The summed E-state index contributed by atoms with van der Waals surface area (Å²) in [5, 5.41) is 27.6. The predicted molar refractivity (Wildman–Crippen MR) is 147 cm³/mol. The fourth-order valence-electron chi connectivity index (χ4n) is 3.92. The molecule has 0 saturated heterocycles. The minimum atomic E-state index is -1.07. The molecule has 0 aromatic heterocycles. The summed E-state index contributed by atoms with van der Waals surface area (Å²) in [5.41, 5.74) is 12.4. The molecule has 39 heavy (non-hydrogen) atoms. The van der Waals surface area contributed by atoms with Gasteiger partial charge in [0.05, 0.1) is 0 Å². The molecule has 2 rings (SSSR count). The summed E-state index contributed by atoms with van der Waals surface area (Å²) < 4.78 is 0. The van der Waals surface area contributed by atoms with Crippen LogP contribution >= 0.6 is 0 Å². The van der Waals surface area contributed by atoms with E-state index in [9.17, 15) is 24.3 Å². The highest BCUT2D eigenvalue weighted by Gasteiger charge is 2.29. The van der Waals surface area contributed by atoms with Gasteiger partial charge in [-0.25, -0.2) is 0 Å². The van der Waals surface area contributed by atoms with Crippen molar-refractivity contribution in [3.05, 3.63) is 71.5 Å². The van der Waals surface area contributed by atoms with Crippen molar-refractivity contribution in [3.8, 4) is 0 Å². The van der Waals surface area contributed by atoms with Crippen molar-refractivity contribution in [3.63, 3.8) is 0 Å². The number of aliphatic hydroxyl groups is 1. The lowest BCUT2D eigenvalue weighted by molar-refractivity contribution is -0.133. The summed E-state index contributed by atoms with van der Waals surface area (Å²) in [7, 11) is 0. The van der Waals surface area contributed by atoms with Crippen molar-refractivity contribution in [1.29, 1.82) is 5.41 Å². The van der Waals surface area contributed by atoms with Gasteiger partial charge in [0.15, 0.2) is 5.96 Å². The second-order valence-electron chi connectivity index (χ2n) is 9.13. The zero-order chi connectivity index (χ0) is 28.8. The van der Waals surface area contributed by atoms with Gasteiger partial charge < -0.3 is 37.8 Å². The van der Waals surface area contributed by atoms with E-state index in [1.165, 1.54) is 13.0 Å². The highest BCUT2D eigenvalue weighted by molar-refractivity contribution is 5.94. The Bertz CT molecular complexity index is 1130. The summed E-state index contributed by atoms with van der Waals surface area (Å²) in [4.78, 5) is 50.5. The average molecular weight is 540 g/mol. The van der Waals surface area contributed by atoms with Gasteiger partial charge in [-0.15, -0.1) is 0 Å². The normalized spacial score (nSPS) is 14.9. The SMILES string of the molecule is CC(=O)NC(CC1=CCC=C(O)C=C1)C(=O)NC(CCCNC(=N)N)C(=O)NC(Cc1ccccc1)C(N)=O. The summed E-state index contributed by atoms with van der Waals surface area (Å²) in [6.45, 7) is 1.56. The van der Waals surface area contributed by atoms with E-state index in [1.807, 2.05) is 12.1 Å². The molecule has 4 amide bonds. The first-order chi connectivity index (χ1) is 18.5. The van der Waals surface area contributed by atoms with E-state index >= 15 is 0 Å². The quantitative estimate of drug-likeness (QED) is 0.0931. The molecule has 0 spiro atoms. The molecule has 1 aliphatic carbocycles. The number of guanidine groups is 1. The van der Waals surface area contributed by atoms with Crippen molar-refractivity contribution >= 4 is 29.6 Å². The van der Waals surface area contributed by atoms with Gasteiger partial charge in [-0.2, -0.15) is 0 Å². The maximum absolute atomic E-state index is 13.3. The topological polar surface area (TPSA) is 213 Å². The number of aliphatic hydroxyl groups excluding tert-OH is 1. The standard InChI is InChI=1S/C27H37N7O5/c1-17(35)32-23(16-19-9-5-10-20(36)13-12-19)26(39)33-21(11-6-14-31-27(29)30)25(38)34-22(24(28)37)15-18-7-3-2-4-8-18/h2-4,7-10,12-13,21-23,36H,5-6,11,14-16H2,1H3,(H2,28,37)(H,32,35)(H,33,39)(H,34,38)(H4,29,30,31). The van der Waals surface area contributed by atoms with E-state index in [0.717, 1.165) is 5.56 Å². The van der Waals surface area contributed by atoms with Crippen molar-refractivity contribution in [2.75, 3.05) is 6.54 Å². The van der Waals surface area contributed by atoms with Gasteiger partial charge in [0.1, 0.15) is 23.9 Å². The molecule has 12 heteroatoms. The van der Waals surface area contributed by atoms with Crippen LogP contribution in [0.3, 0.4) is 0 Å². The maximum Gasteiger partial charge on any atom is 0.243 e. The van der Waals surface area contributed by atoms with Crippen molar-refractivity contribution in [1.82, 2.24) is 21.3 Å². The lowest BCUT2D eigenvalue weighted by Crippen LogP contribution is -2.56. The minimum absolute atomic E-state index is 0.0946. The van der Waals surface area contributed by atoms with E-state index in [0.29, 0.717) is 18.4 Å². The molecule has 1 aromatic carbocycles. The Morgan fingerprint density at radius 1 is 0.923 bits per heavy atom. The minimum Gasteiger partial charge on any atom is -0.508 e. The Kier molecular flexibility index (Phi) is 12.2. The zero-order valence-electron chi connectivity index (χ0n) is 21.9. The van der Waals surface area contributed by atoms with E-state index < -0.39 is 41.8 Å². The fraction of sp³-hybridized carbons (Fsp3) is 0.370. The molecule has 1 aromatic rings. The molecule has 0 saturated carbocycles. The molecule has 0 heterocycles. The molecule has 0 fully saturated rings. The predicted octanol–water partition coefficient (Wildman–Crippen LogP) is 0.170. The van der Waals surface area contributed by atoms with Crippen LogP contribution in [-0.4, -0.2) is 59.4 Å². The monoisotopic (exact) mass is 539 g/mol. The lowest BCUT2D eigenvalue weighted by atomic mass is 10.0. The van der Waals surface area contributed by atoms with E-state index in [4.69, 9.17) is 16.9 Å². The third-order valence-corrected chi connectivity index (χ3v) is 5.87. The van der Waals surface area contributed by atoms with Crippen LogP contribution in [0.15, 0.2) is 66.0 Å². The van der Waals surface area contributed by atoms with Crippen molar-refractivity contribution in [2.45, 2.75) is 57.2 Å². The van der Waals surface area contributed by atoms with Crippen LogP contribution in [0.1, 0.15) is 38.2 Å². The average Bonchev–Trinajstić information content (AvgIpc) is 3.08. The van der Waals surface area contributed by atoms with Crippen LogP contribution in [0.25, 0.3) is 0 Å². The van der Waals surface area contributed by atoms with Crippen LogP contribution in [-0.2, 0) is 25.6 Å². The smallest absolute Gasteiger partial charge is 0.243 e. The molecule has 12 nitrogen and oxygen atoms in total. The van der Waals surface area contributed by atoms with E-state index in [2.05, 4.69) is 21.3 Å². The van der Waals surface area contributed by atoms with Crippen LogP contribution in [0.4, 0.5) is 0 Å². The molecule has 0 bridgehead atoms. The number of benzene rings is 1. The second kappa shape index (κ2) is 15.6. The number of allylic oxidation sites excluding steroid dienone is 4. The number of rotatable bonds is 14. The number of primary amides is 1. The number of hydrogen-bond donors (Lipinski definition) is 8. The molecule has 0 aliphatic heterocycles. The molecule has 1 aliphatic rings. The molecule has 10 N–H and O–H groups in total. The maximum atomic E-state index is 13.3. The molecular formula is C27H37N7O5. The van der Waals surface area contributed by atoms with Gasteiger partial charge in [0, 0.05) is 26.3 Å². The Morgan fingerprint density at radius 2 is 1.59 bits per heavy atom. The van der Waals surface area contributed by atoms with Crippen LogP contribution in [0.2, 0.25) is 0 Å². The van der Waals surface area contributed by atoms with Gasteiger partial charge >= 0.3 is 0 Å². The van der Waals surface area contributed by atoms with E-state index in [-0.39, 0.29) is 37.5 Å². The van der Waals surface area contributed by atoms with Crippen molar-refractivity contribution in [2.24, 2.45) is 11.5 Å². The number of carbonyl (C=O) groups is 4. The first-order valence-corrected chi connectivity index (χ1v) is 12.6. The summed E-state index contributed by atoms with van der Waals surface area (Å²) in [5.74, 6) is -2.51. The fourth-order valence-corrected chi connectivity index (χ4v) is 3.92. The highest BCUT2D eigenvalue weighted by Crippen LogP contribution is 2.15. The molecule has 3 atom stereocenters. The number of amides is 4. The van der Waals surface area contributed by atoms with Gasteiger partial charge in [-0.3, -0.25) is 24.6 Å². The first-order valence-electron chi connectivity index (χ1n) is 12.6. The third kappa shape index (κ3) is 11.5. The Hall–Kier alpha value is -4.61. The van der Waals surface area contributed by atoms with Gasteiger partial charge in [-0.1, -0.05) is 42.5 Å². The molecule has 210 valence electrons. The Morgan fingerprint density at radius 3 is 2.23 bits per heavy atom. The summed E-state index contributed by atoms with van der Waals surface area (Å²) >= 11 is 0. The van der Waals surface area contributed by atoms with Crippen molar-refractivity contribution < 1.29 is 24.3 Å². The Balaban J connectivity index is 2.18. The van der Waals surface area contributed by atoms with Gasteiger partial charge in [-0.05, 0) is 42.6 Å². The summed E-state index contributed by atoms with van der Waals surface area (Å²) in [6, 6.07) is 5.97. The van der Waals surface area contributed by atoms with Crippen LogP contribution in [0, 0.1) is 5.41 Å². The van der Waals surface area contributed by atoms with Crippen LogP contribution < -0.4 is 32.7 Å². The summed E-state index contributed by atoms with van der Waals surface area (Å²) in [6.07, 6.45) is 7.84. The molecule has 3 unspecified atom stereocenters. The van der Waals surface area contributed by atoms with Gasteiger partial charge in [0.2, 0.25) is 23.6 Å². The first kappa shape index (κ1) is 30.6. The number of nitrogens with one attached hydrogen (secondary N) is 5. The van der Waals surface area contributed by atoms with Gasteiger partial charge in [0.25, 0.3) is 0 Å². The molecule has 0 radical (unpaired) electrons. The highest BCUT2D eigenvalue weighted by atomic mass is 16.3. The Labute approximate surface area is 227 Å². The second-order valence-corrected chi connectivity index (χ2v) is 9.13. The molecular weight excluding hydrogens is 502 g/mol. The van der Waals surface area contributed by atoms with E-state index in [1.54, 1.807) is 36.4 Å². The number of hydrogen-bond acceptors (Lipinski definition) is 6. The number of nitrogens with two attached hydrogens (primary N) is 2. The third-order valence-electron chi connectivity index (χ3n) is 5.87. The lowest BCUT2D eigenvalue weighted by Gasteiger charge is -2.25. The largest absolute Gasteiger partial charge is 0.508 e. The zero-order valence-corrected chi connectivity index (χ0v) is 21.9. The number of carbonyl (C=O) groups excluding carboxylic acids is 4.